The van der Waals surface area contributed by atoms with Gasteiger partial charge in [0.05, 0.1) is 17.2 Å². The molecule has 0 aliphatic rings. The maximum absolute atomic E-state index is 11.9. The van der Waals surface area contributed by atoms with E-state index in [0.29, 0.717) is 11.5 Å². The largest absolute Gasteiger partial charge is 0.462 e. The van der Waals surface area contributed by atoms with Crippen molar-refractivity contribution in [1.29, 1.82) is 0 Å². The Bertz CT molecular complexity index is 794. The summed E-state index contributed by atoms with van der Waals surface area (Å²) in [6.07, 6.45) is 3.60. The molecule has 3 aromatic rings. The summed E-state index contributed by atoms with van der Waals surface area (Å²) >= 11 is 3.02. The van der Waals surface area contributed by atoms with Gasteiger partial charge in [0.25, 0.3) is 0 Å². The van der Waals surface area contributed by atoms with Gasteiger partial charge < -0.3 is 4.74 Å². The first-order valence-corrected chi connectivity index (χ1v) is 8.47. The summed E-state index contributed by atoms with van der Waals surface area (Å²) in [6.45, 7) is 4.01. The molecule has 0 spiro atoms. The van der Waals surface area contributed by atoms with Crippen LogP contribution in [0.25, 0.3) is 20.3 Å². The van der Waals surface area contributed by atoms with Crippen LogP contribution >= 0.6 is 22.7 Å². The van der Waals surface area contributed by atoms with Crippen molar-refractivity contribution in [3.8, 4) is 20.3 Å². The number of carbonyl (C=O) groups is 1. The van der Waals surface area contributed by atoms with Crippen molar-refractivity contribution in [2.24, 2.45) is 0 Å². The minimum Gasteiger partial charge on any atom is -0.462 e. The van der Waals surface area contributed by atoms with Crippen molar-refractivity contribution in [3.63, 3.8) is 0 Å². The zero-order valence-corrected chi connectivity index (χ0v) is 13.8. The van der Waals surface area contributed by atoms with Gasteiger partial charge in [-0.2, -0.15) is 0 Å². The standard InChI is InChI=1S/C16H14N2O2S2/c1-3-20-16(19)14-10(2)18-15(22-14)13-7-6-12(21-13)11-5-4-8-17-9-11/h4-9H,3H2,1-2H3. The fourth-order valence-corrected chi connectivity index (χ4v) is 4.02. The molecule has 0 saturated carbocycles. The highest BCUT2D eigenvalue weighted by Crippen LogP contribution is 2.37. The van der Waals surface area contributed by atoms with Crippen molar-refractivity contribution in [2.45, 2.75) is 13.8 Å². The molecule has 22 heavy (non-hydrogen) atoms. The topological polar surface area (TPSA) is 52.1 Å². The molecule has 0 radical (unpaired) electrons. The summed E-state index contributed by atoms with van der Waals surface area (Å²) in [7, 11) is 0. The summed E-state index contributed by atoms with van der Waals surface area (Å²) < 4.78 is 5.06. The fourth-order valence-electron chi connectivity index (χ4n) is 2.00. The SMILES string of the molecule is CCOC(=O)c1sc(-c2ccc(-c3cccnc3)s2)nc1C. The second kappa shape index (κ2) is 6.37. The van der Waals surface area contributed by atoms with Gasteiger partial charge in [0.15, 0.2) is 0 Å². The molecule has 112 valence electrons. The van der Waals surface area contributed by atoms with E-state index in [1.807, 2.05) is 31.3 Å². The predicted molar refractivity (Wildman–Crippen MR) is 89.4 cm³/mol. The van der Waals surface area contributed by atoms with Crippen molar-refractivity contribution in [3.05, 3.63) is 47.2 Å². The molecule has 6 heteroatoms. The van der Waals surface area contributed by atoms with Crippen LogP contribution in [0.5, 0.6) is 0 Å². The van der Waals surface area contributed by atoms with Crippen LogP contribution in [0.2, 0.25) is 0 Å². The van der Waals surface area contributed by atoms with Gasteiger partial charge in [-0.15, -0.1) is 22.7 Å². The van der Waals surface area contributed by atoms with Crippen LogP contribution in [0.15, 0.2) is 36.7 Å². The maximum atomic E-state index is 11.9. The second-order valence-electron chi connectivity index (χ2n) is 4.56. The number of thiazole rings is 1. The number of rotatable bonds is 4. The zero-order valence-electron chi connectivity index (χ0n) is 12.2. The van der Waals surface area contributed by atoms with Crippen LogP contribution < -0.4 is 0 Å². The van der Waals surface area contributed by atoms with Crippen LogP contribution in [0, 0.1) is 6.92 Å². The van der Waals surface area contributed by atoms with Crippen molar-refractivity contribution in [2.75, 3.05) is 6.61 Å². The van der Waals surface area contributed by atoms with E-state index in [1.165, 1.54) is 11.3 Å². The number of hydrogen-bond donors (Lipinski definition) is 0. The molecule has 0 amide bonds. The van der Waals surface area contributed by atoms with Gasteiger partial charge in [0.2, 0.25) is 0 Å². The normalized spacial score (nSPS) is 10.6. The van der Waals surface area contributed by atoms with Crippen molar-refractivity contribution in [1.82, 2.24) is 9.97 Å². The smallest absolute Gasteiger partial charge is 0.350 e. The molecule has 0 aliphatic carbocycles. The Balaban J connectivity index is 1.91. The quantitative estimate of drug-likeness (QED) is 0.665. The third-order valence-electron chi connectivity index (χ3n) is 3.02. The average molecular weight is 330 g/mol. The first-order valence-electron chi connectivity index (χ1n) is 6.84. The van der Waals surface area contributed by atoms with E-state index in [-0.39, 0.29) is 5.97 Å². The van der Waals surface area contributed by atoms with E-state index in [4.69, 9.17) is 4.74 Å². The van der Waals surface area contributed by atoms with Crippen LogP contribution in [-0.4, -0.2) is 22.5 Å². The molecule has 0 unspecified atom stereocenters. The van der Waals surface area contributed by atoms with Gasteiger partial charge in [0.1, 0.15) is 9.88 Å². The Morgan fingerprint density at radius 3 is 2.77 bits per heavy atom. The number of aromatic nitrogens is 2. The maximum Gasteiger partial charge on any atom is 0.350 e. The average Bonchev–Trinajstić information content (AvgIpc) is 3.15. The third kappa shape index (κ3) is 2.93. The summed E-state index contributed by atoms with van der Waals surface area (Å²) in [6, 6.07) is 8.03. The van der Waals surface area contributed by atoms with E-state index < -0.39 is 0 Å². The van der Waals surface area contributed by atoms with Gasteiger partial charge in [0, 0.05) is 22.8 Å². The van der Waals surface area contributed by atoms with Gasteiger partial charge in [-0.1, -0.05) is 6.07 Å². The molecule has 0 aliphatic heterocycles. The molecular weight excluding hydrogens is 316 g/mol. The van der Waals surface area contributed by atoms with E-state index in [9.17, 15) is 4.79 Å². The van der Waals surface area contributed by atoms with Crippen LogP contribution in [0.4, 0.5) is 0 Å². The van der Waals surface area contributed by atoms with Crippen molar-refractivity contribution >= 4 is 28.6 Å². The van der Waals surface area contributed by atoms with E-state index in [0.717, 1.165) is 26.0 Å². The number of esters is 1. The Hall–Kier alpha value is -2.05. The Morgan fingerprint density at radius 2 is 2.05 bits per heavy atom. The number of carbonyl (C=O) groups excluding carboxylic acids is 1. The first-order chi connectivity index (χ1) is 10.7. The lowest BCUT2D eigenvalue weighted by Gasteiger charge is -1.97. The monoisotopic (exact) mass is 330 g/mol. The van der Waals surface area contributed by atoms with E-state index in [1.54, 1.807) is 24.5 Å². The van der Waals surface area contributed by atoms with Gasteiger partial charge >= 0.3 is 5.97 Å². The molecule has 0 bridgehead atoms. The van der Waals surface area contributed by atoms with Crippen LogP contribution in [-0.2, 0) is 4.74 Å². The van der Waals surface area contributed by atoms with Crippen LogP contribution in [0.3, 0.4) is 0 Å². The summed E-state index contributed by atoms with van der Waals surface area (Å²) in [4.78, 5) is 23.3. The first kappa shape index (κ1) is 14.9. The molecule has 0 aromatic carbocycles. The number of pyridine rings is 1. The third-order valence-corrected chi connectivity index (χ3v) is 5.46. The molecule has 3 rings (SSSR count). The zero-order chi connectivity index (χ0) is 15.5. The molecule has 0 atom stereocenters. The number of ether oxygens (including phenoxy) is 1. The molecule has 0 N–H and O–H groups in total. The Kier molecular flexibility index (Phi) is 4.31. The fraction of sp³-hybridized carbons (Fsp3) is 0.188. The molecule has 3 aromatic heterocycles. The lowest BCUT2D eigenvalue weighted by Crippen LogP contribution is -2.03. The highest BCUT2D eigenvalue weighted by molar-refractivity contribution is 7.24. The number of thiophene rings is 1. The molecule has 0 fully saturated rings. The minimum atomic E-state index is -0.298. The summed E-state index contributed by atoms with van der Waals surface area (Å²) in [5, 5.41) is 0.848. The minimum absolute atomic E-state index is 0.298. The highest BCUT2D eigenvalue weighted by Gasteiger charge is 2.18. The van der Waals surface area contributed by atoms with Gasteiger partial charge in [-0.3, -0.25) is 4.98 Å². The van der Waals surface area contributed by atoms with Gasteiger partial charge in [-0.05, 0) is 32.0 Å². The van der Waals surface area contributed by atoms with E-state index >= 15 is 0 Å². The summed E-state index contributed by atoms with van der Waals surface area (Å²) in [5.74, 6) is -0.298. The number of nitrogens with zero attached hydrogens (tertiary/aromatic N) is 2. The number of aryl methyl sites for hydroxylation is 1. The second-order valence-corrected chi connectivity index (χ2v) is 6.64. The predicted octanol–water partition coefficient (Wildman–Crippen LogP) is 4.42. The van der Waals surface area contributed by atoms with Crippen LogP contribution in [0.1, 0.15) is 22.3 Å². The van der Waals surface area contributed by atoms with Crippen molar-refractivity contribution < 1.29 is 9.53 Å². The lowest BCUT2D eigenvalue weighted by molar-refractivity contribution is 0.0531. The molecule has 4 nitrogen and oxygen atoms in total. The Labute approximate surface area is 136 Å². The molecular formula is C16H14N2O2S2. The van der Waals surface area contributed by atoms with E-state index in [2.05, 4.69) is 16.0 Å². The molecule has 0 saturated heterocycles. The molecule has 3 heterocycles. The lowest BCUT2D eigenvalue weighted by atomic mass is 10.2. The Morgan fingerprint density at radius 1 is 1.23 bits per heavy atom. The number of hydrogen-bond acceptors (Lipinski definition) is 6. The van der Waals surface area contributed by atoms with Gasteiger partial charge in [-0.25, -0.2) is 9.78 Å². The highest BCUT2D eigenvalue weighted by atomic mass is 32.1. The summed E-state index contributed by atoms with van der Waals surface area (Å²) in [5.41, 5.74) is 1.80.